The lowest BCUT2D eigenvalue weighted by molar-refractivity contribution is -0.0138. The van der Waals surface area contributed by atoms with Crippen LogP contribution in [0.5, 0.6) is 5.75 Å². The molecule has 1 aliphatic heterocycles. The Morgan fingerprint density at radius 3 is 2.81 bits per heavy atom. The van der Waals surface area contributed by atoms with Gasteiger partial charge in [0.2, 0.25) is 0 Å². The average Bonchev–Trinajstić information content (AvgIpc) is 2.59. The number of rotatable bonds is 3. The SMILES string of the molecule is COc1ccccc1CC1NCC(C)(C)O1. The monoisotopic (exact) mass is 221 g/mol. The highest BCUT2D eigenvalue weighted by atomic mass is 16.5. The second kappa shape index (κ2) is 4.44. The molecule has 0 bridgehead atoms. The molecule has 16 heavy (non-hydrogen) atoms. The highest BCUT2D eigenvalue weighted by Gasteiger charge is 2.31. The van der Waals surface area contributed by atoms with Gasteiger partial charge in [-0.2, -0.15) is 0 Å². The molecule has 1 saturated heterocycles. The van der Waals surface area contributed by atoms with Gasteiger partial charge in [0, 0.05) is 13.0 Å². The van der Waals surface area contributed by atoms with Gasteiger partial charge in [-0.25, -0.2) is 0 Å². The molecule has 0 radical (unpaired) electrons. The lowest BCUT2D eigenvalue weighted by atomic mass is 10.1. The zero-order valence-electron chi connectivity index (χ0n) is 10.1. The number of hydrogen-bond acceptors (Lipinski definition) is 3. The van der Waals surface area contributed by atoms with E-state index in [2.05, 4.69) is 25.2 Å². The molecule has 0 aliphatic carbocycles. The number of benzene rings is 1. The van der Waals surface area contributed by atoms with E-state index in [0.717, 1.165) is 18.7 Å². The zero-order valence-corrected chi connectivity index (χ0v) is 10.1. The summed E-state index contributed by atoms with van der Waals surface area (Å²) >= 11 is 0. The van der Waals surface area contributed by atoms with Crippen LogP contribution in [0.1, 0.15) is 19.4 Å². The molecule has 0 aromatic heterocycles. The summed E-state index contributed by atoms with van der Waals surface area (Å²) in [7, 11) is 1.70. The van der Waals surface area contributed by atoms with E-state index in [1.54, 1.807) is 7.11 Å². The Bertz CT molecular complexity index is 363. The molecule has 3 nitrogen and oxygen atoms in total. The highest BCUT2D eigenvalue weighted by Crippen LogP contribution is 2.24. The standard InChI is InChI=1S/C13H19NO2/c1-13(2)9-14-12(16-13)8-10-6-4-5-7-11(10)15-3/h4-7,12,14H,8-9H2,1-3H3. The third-order valence-corrected chi connectivity index (χ3v) is 2.81. The summed E-state index contributed by atoms with van der Waals surface area (Å²) < 4.78 is 11.2. The maximum Gasteiger partial charge on any atom is 0.122 e. The summed E-state index contributed by atoms with van der Waals surface area (Å²) in [5.74, 6) is 0.928. The van der Waals surface area contributed by atoms with Crippen LogP contribution in [-0.2, 0) is 11.2 Å². The molecular formula is C13H19NO2. The smallest absolute Gasteiger partial charge is 0.122 e. The Morgan fingerprint density at radius 1 is 1.44 bits per heavy atom. The molecule has 0 spiro atoms. The predicted molar refractivity (Wildman–Crippen MR) is 63.7 cm³/mol. The van der Waals surface area contributed by atoms with E-state index >= 15 is 0 Å². The molecule has 1 N–H and O–H groups in total. The lowest BCUT2D eigenvalue weighted by Gasteiger charge is -2.18. The largest absolute Gasteiger partial charge is 0.496 e. The second-order valence-electron chi connectivity index (χ2n) is 4.76. The lowest BCUT2D eigenvalue weighted by Crippen LogP contribution is -2.25. The first-order valence-electron chi connectivity index (χ1n) is 5.64. The minimum Gasteiger partial charge on any atom is -0.496 e. The zero-order chi connectivity index (χ0) is 11.6. The van der Waals surface area contributed by atoms with Crippen molar-refractivity contribution in [1.82, 2.24) is 5.32 Å². The van der Waals surface area contributed by atoms with Crippen molar-refractivity contribution in [3.05, 3.63) is 29.8 Å². The van der Waals surface area contributed by atoms with Crippen molar-refractivity contribution in [1.29, 1.82) is 0 Å². The fourth-order valence-corrected chi connectivity index (χ4v) is 2.01. The van der Waals surface area contributed by atoms with Crippen molar-refractivity contribution in [2.75, 3.05) is 13.7 Å². The van der Waals surface area contributed by atoms with Gasteiger partial charge in [0.15, 0.2) is 0 Å². The van der Waals surface area contributed by atoms with Gasteiger partial charge in [0.1, 0.15) is 12.0 Å². The minimum atomic E-state index is -0.0628. The van der Waals surface area contributed by atoms with Crippen molar-refractivity contribution in [3.63, 3.8) is 0 Å². The van der Waals surface area contributed by atoms with Crippen molar-refractivity contribution in [3.8, 4) is 5.75 Å². The van der Waals surface area contributed by atoms with Crippen molar-refractivity contribution in [2.45, 2.75) is 32.1 Å². The van der Waals surface area contributed by atoms with E-state index in [-0.39, 0.29) is 11.8 Å². The minimum absolute atomic E-state index is 0.0628. The fourth-order valence-electron chi connectivity index (χ4n) is 2.01. The normalized spacial score (nSPS) is 23.3. The first-order valence-corrected chi connectivity index (χ1v) is 5.64. The molecule has 1 aromatic rings. The molecule has 0 amide bonds. The van der Waals surface area contributed by atoms with E-state index in [0.29, 0.717) is 0 Å². The number of nitrogens with one attached hydrogen (secondary N) is 1. The topological polar surface area (TPSA) is 30.5 Å². The van der Waals surface area contributed by atoms with E-state index in [1.807, 2.05) is 18.2 Å². The average molecular weight is 221 g/mol. The molecule has 1 aliphatic rings. The molecular weight excluding hydrogens is 202 g/mol. The summed E-state index contributed by atoms with van der Waals surface area (Å²) in [6, 6.07) is 8.07. The van der Waals surface area contributed by atoms with Crippen LogP contribution in [-0.4, -0.2) is 25.5 Å². The van der Waals surface area contributed by atoms with Crippen LogP contribution in [0.4, 0.5) is 0 Å². The van der Waals surface area contributed by atoms with Gasteiger partial charge in [0.05, 0.1) is 12.7 Å². The molecule has 1 aromatic carbocycles. The molecule has 88 valence electrons. The summed E-state index contributed by atoms with van der Waals surface area (Å²) in [5, 5.41) is 3.37. The molecule has 1 heterocycles. The van der Waals surface area contributed by atoms with Crippen LogP contribution >= 0.6 is 0 Å². The molecule has 0 saturated carbocycles. The van der Waals surface area contributed by atoms with Gasteiger partial charge >= 0.3 is 0 Å². The summed E-state index contributed by atoms with van der Waals surface area (Å²) in [4.78, 5) is 0. The van der Waals surface area contributed by atoms with Crippen molar-refractivity contribution >= 4 is 0 Å². The number of para-hydroxylation sites is 1. The third kappa shape index (κ3) is 2.54. The summed E-state index contributed by atoms with van der Waals surface area (Å²) in [6.45, 7) is 5.09. The summed E-state index contributed by atoms with van der Waals surface area (Å²) in [6.07, 6.45) is 0.930. The molecule has 3 heteroatoms. The van der Waals surface area contributed by atoms with E-state index in [4.69, 9.17) is 9.47 Å². The Kier molecular flexibility index (Phi) is 3.17. The first-order chi connectivity index (χ1) is 7.61. The fraction of sp³-hybridized carbons (Fsp3) is 0.538. The van der Waals surface area contributed by atoms with Crippen molar-refractivity contribution in [2.24, 2.45) is 0 Å². The first kappa shape index (κ1) is 11.4. The number of methoxy groups -OCH3 is 1. The van der Waals surface area contributed by atoms with E-state index in [1.165, 1.54) is 5.56 Å². The summed E-state index contributed by atoms with van der Waals surface area (Å²) in [5.41, 5.74) is 1.12. The van der Waals surface area contributed by atoms with Crippen LogP contribution in [0, 0.1) is 0 Å². The van der Waals surface area contributed by atoms with Gasteiger partial charge in [-0.3, -0.25) is 5.32 Å². The van der Waals surface area contributed by atoms with E-state index in [9.17, 15) is 0 Å². The van der Waals surface area contributed by atoms with Crippen LogP contribution < -0.4 is 10.1 Å². The van der Waals surface area contributed by atoms with Crippen LogP contribution in [0.2, 0.25) is 0 Å². The van der Waals surface area contributed by atoms with Crippen molar-refractivity contribution < 1.29 is 9.47 Å². The van der Waals surface area contributed by atoms with Crippen LogP contribution in [0.15, 0.2) is 24.3 Å². The maximum absolute atomic E-state index is 5.89. The van der Waals surface area contributed by atoms with Gasteiger partial charge in [-0.05, 0) is 25.5 Å². The van der Waals surface area contributed by atoms with Gasteiger partial charge in [-0.15, -0.1) is 0 Å². The quantitative estimate of drug-likeness (QED) is 0.846. The van der Waals surface area contributed by atoms with Gasteiger partial charge < -0.3 is 9.47 Å². The number of ether oxygens (including phenoxy) is 2. The highest BCUT2D eigenvalue weighted by molar-refractivity contribution is 5.33. The Balaban J connectivity index is 2.04. The third-order valence-electron chi connectivity index (χ3n) is 2.81. The second-order valence-corrected chi connectivity index (χ2v) is 4.76. The molecule has 1 unspecified atom stereocenters. The van der Waals surface area contributed by atoms with Crippen LogP contribution in [0.3, 0.4) is 0 Å². The van der Waals surface area contributed by atoms with Crippen LogP contribution in [0.25, 0.3) is 0 Å². The molecule has 1 atom stereocenters. The Morgan fingerprint density at radius 2 is 2.19 bits per heavy atom. The number of hydrogen-bond donors (Lipinski definition) is 1. The van der Waals surface area contributed by atoms with E-state index < -0.39 is 0 Å². The Hall–Kier alpha value is -1.06. The maximum atomic E-state index is 5.89. The molecule has 2 rings (SSSR count). The van der Waals surface area contributed by atoms with Gasteiger partial charge in [0.25, 0.3) is 0 Å². The Labute approximate surface area is 96.8 Å². The van der Waals surface area contributed by atoms with Gasteiger partial charge in [-0.1, -0.05) is 18.2 Å². The predicted octanol–water partition coefficient (Wildman–Crippen LogP) is 1.96. The molecule has 1 fully saturated rings.